The number of rotatable bonds is 4. The molecular formula is C15H20N2O. The molecule has 0 fully saturated rings. The van der Waals surface area contributed by atoms with Gasteiger partial charge in [-0.3, -0.25) is 0 Å². The van der Waals surface area contributed by atoms with E-state index in [1.165, 1.54) is 5.56 Å². The minimum Gasteiger partial charge on any atom is -0.492 e. The van der Waals surface area contributed by atoms with E-state index in [9.17, 15) is 5.11 Å². The molecule has 18 heavy (non-hydrogen) atoms. The predicted molar refractivity (Wildman–Crippen MR) is 73.3 cm³/mol. The van der Waals surface area contributed by atoms with Gasteiger partial charge in [0.25, 0.3) is 0 Å². The maximum Gasteiger partial charge on any atom is 0.234 e. The van der Waals surface area contributed by atoms with Gasteiger partial charge in [-0.1, -0.05) is 38.0 Å². The topological polar surface area (TPSA) is 38.1 Å². The van der Waals surface area contributed by atoms with Gasteiger partial charge in [-0.25, -0.2) is 4.68 Å². The van der Waals surface area contributed by atoms with E-state index in [1.54, 1.807) is 0 Å². The van der Waals surface area contributed by atoms with Crippen molar-refractivity contribution in [2.24, 2.45) is 0 Å². The van der Waals surface area contributed by atoms with Crippen molar-refractivity contribution in [2.75, 3.05) is 0 Å². The van der Waals surface area contributed by atoms with E-state index >= 15 is 0 Å². The van der Waals surface area contributed by atoms with Gasteiger partial charge in [0, 0.05) is 5.56 Å². The molecule has 0 bridgehead atoms. The first-order valence-electron chi connectivity index (χ1n) is 6.54. The van der Waals surface area contributed by atoms with E-state index in [0.717, 1.165) is 36.2 Å². The van der Waals surface area contributed by atoms with Gasteiger partial charge in [-0.15, -0.1) is 5.10 Å². The SMILES string of the molecule is CCCc1c(O)nn(-c2ccc(C)cc2)c1CC. The van der Waals surface area contributed by atoms with Crippen LogP contribution in [0.1, 0.15) is 37.1 Å². The Kier molecular flexibility index (Phi) is 3.70. The Morgan fingerprint density at radius 3 is 2.39 bits per heavy atom. The van der Waals surface area contributed by atoms with Crippen molar-refractivity contribution in [1.29, 1.82) is 0 Å². The number of aryl methyl sites for hydroxylation is 1. The van der Waals surface area contributed by atoms with Gasteiger partial charge in [0.15, 0.2) is 0 Å². The summed E-state index contributed by atoms with van der Waals surface area (Å²) in [5.41, 5.74) is 4.33. The number of hydrogen-bond acceptors (Lipinski definition) is 2. The number of benzene rings is 1. The van der Waals surface area contributed by atoms with Crippen LogP contribution in [0.3, 0.4) is 0 Å². The van der Waals surface area contributed by atoms with E-state index in [2.05, 4.69) is 38.0 Å². The molecule has 0 radical (unpaired) electrons. The van der Waals surface area contributed by atoms with Gasteiger partial charge in [0.2, 0.25) is 5.88 Å². The Balaban J connectivity index is 2.50. The maximum absolute atomic E-state index is 9.96. The summed E-state index contributed by atoms with van der Waals surface area (Å²) in [6, 6.07) is 8.20. The smallest absolute Gasteiger partial charge is 0.234 e. The highest BCUT2D eigenvalue weighted by Crippen LogP contribution is 2.25. The van der Waals surface area contributed by atoms with Crippen molar-refractivity contribution in [3.05, 3.63) is 41.1 Å². The van der Waals surface area contributed by atoms with Crippen molar-refractivity contribution in [3.63, 3.8) is 0 Å². The highest BCUT2D eigenvalue weighted by atomic mass is 16.3. The molecule has 0 amide bonds. The summed E-state index contributed by atoms with van der Waals surface area (Å²) in [5.74, 6) is 0.175. The fraction of sp³-hybridized carbons (Fsp3) is 0.400. The third-order valence-electron chi connectivity index (χ3n) is 3.18. The average molecular weight is 244 g/mol. The minimum atomic E-state index is 0.175. The molecule has 1 aromatic carbocycles. The van der Waals surface area contributed by atoms with Gasteiger partial charge in [0.05, 0.1) is 11.4 Å². The summed E-state index contributed by atoms with van der Waals surface area (Å²) >= 11 is 0. The predicted octanol–water partition coefficient (Wildman–Crippen LogP) is 3.40. The number of aromatic nitrogens is 2. The highest BCUT2D eigenvalue weighted by Gasteiger charge is 2.15. The van der Waals surface area contributed by atoms with Crippen molar-refractivity contribution in [3.8, 4) is 11.6 Å². The highest BCUT2D eigenvalue weighted by molar-refractivity contribution is 5.40. The first-order valence-corrected chi connectivity index (χ1v) is 6.54. The molecule has 0 aliphatic rings. The van der Waals surface area contributed by atoms with Gasteiger partial charge in [0.1, 0.15) is 0 Å². The minimum absolute atomic E-state index is 0.175. The summed E-state index contributed by atoms with van der Waals surface area (Å²) < 4.78 is 1.86. The third-order valence-corrected chi connectivity index (χ3v) is 3.18. The molecule has 1 N–H and O–H groups in total. The average Bonchev–Trinajstić information content (AvgIpc) is 2.68. The first kappa shape index (κ1) is 12.7. The van der Waals surface area contributed by atoms with E-state index in [1.807, 2.05) is 16.8 Å². The van der Waals surface area contributed by atoms with Crippen LogP contribution in [-0.4, -0.2) is 14.9 Å². The van der Waals surface area contributed by atoms with Crippen LogP contribution in [0.25, 0.3) is 5.69 Å². The van der Waals surface area contributed by atoms with Crippen molar-refractivity contribution < 1.29 is 5.11 Å². The quantitative estimate of drug-likeness (QED) is 0.895. The Bertz CT molecular complexity index is 526. The number of hydrogen-bond donors (Lipinski definition) is 1. The lowest BCUT2D eigenvalue weighted by Gasteiger charge is -2.07. The third kappa shape index (κ3) is 2.26. The van der Waals surface area contributed by atoms with Gasteiger partial charge in [-0.05, 0) is 31.9 Å². The van der Waals surface area contributed by atoms with Crippen LogP contribution < -0.4 is 0 Å². The van der Waals surface area contributed by atoms with Crippen LogP contribution in [0.4, 0.5) is 0 Å². The normalized spacial score (nSPS) is 10.8. The summed E-state index contributed by atoms with van der Waals surface area (Å²) in [6.45, 7) is 6.27. The second-order valence-corrected chi connectivity index (χ2v) is 4.60. The molecule has 2 aromatic rings. The summed E-state index contributed by atoms with van der Waals surface area (Å²) in [5, 5.41) is 14.2. The molecule has 0 aliphatic heterocycles. The van der Waals surface area contributed by atoms with Crippen molar-refractivity contribution in [1.82, 2.24) is 9.78 Å². The molecule has 0 saturated carbocycles. The summed E-state index contributed by atoms with van der Waals surface area (Å²) in [7, 11) is 0. The maximum atomic E-state index is 9.96. The second kappa shape index (κ2) is 5.25. The second-order valence-electron chi connectivity index (χ2n) is 4.60. The Hall–Kier alpha value is -1.77. The first-order chi connectivity index (χ1) is 8.67. The van der Waals surface area contributed by atoms with E-state index in [-0.39, 0.29) is 5.88 Å². The fourth-order valence-corrected chi connectivity index (χ4v) is 2.24. The standard InChI is InChI=1S/C15H20N2O/c1-4-6-13-14(5-2)17(16-15(13)18)12-9-7-11(3)8-10-12/h7-10H,4-6H2,1-3H3,(H,16,18). The van der Waals surface area contributed by atoms with E-state index in [0.29, 0.717) is 0 Å². The van der Waals surface area contributed by atoms with Crippen LogP contribution in [0.15, 0.2) is 24.3 Å². The van der Waals surface area contributed by atoms with Crippen LogP contribution in [-0.2, 0) is 12.8 Å². The Morgan fingerprint density at radius 1 is 1.17 bits per heavy atom. The number of nitrogens with zero attached hydrogens (tertiary/aromatic N) is 2. The molecule has 0 aliphatic carbocycles. The Labute approximate surface area is 108 Å². The zero-order valence-corrected chi connectivity index (χ0v) is 11.3. The van der Waals surface area contributed by atoms with Crippen LogP contribution in [0.2, 0.25) is 0 Å². The van der Waals surface area contributed by atoms with Gasteiger partial charge in [-0.2, -0.15) is 0 Å². The summed E-state index contributed by atoms with van der Waals surface area (Å²) in [6.07, 6.45) is 2.76. The lowest BCUT2D eigenvalue weighted by atomic mass is 10.1. The summed E-state index contributed by atoms with van der Waals surface area (Å²) in [4.78, 5) is 0. The van der Waals surface area contributed by atoms with Gasteiger partial charge < -0.3 is 5.11 Å². The molecule has 1 aromatic heterocycles. The zero-order valence-electron chi connectivity index (χ0n) is 11.3. The van der Waals surface area contributed by atoms with Crippen LogP contribution in [0.5, 0.6) is 5.88 Å². The number of aromatic hydroxyl groups is 1. The van der Waals surface area contributed by atoms with E-state index in [4.69, 9.17) is 0 Å². The van der Waals surface area contributed by atoms with E-state index < -0.39 is 0 Å². The molecule has 0 atom stereocenters. The molecule has 3 heteroatoms. The molecule has 0 unspecified atom stereocenters. The van der Waals surface area contributed by atoms with Crippen molar-refractivity contribution in [2.45, 2.75) is 40.0 Å². The van der Waals surface area contributed by atoms with Gasteiger partial charge >= 0.3 is 0 Å². The molecular weight excluding hydrogens is 224 g/mol. The monoisotopic (exact) mass is 244 g/mol. The molecule has 1 heterocycles. The molecule has 96 valence electrons. The van der Waals surface area contributed by atoms with Crippen molar-refractivity contribution >= 4 is 0 Å². The molecule has 2 rings (SSSR count). The lowest BCUT2D eigenvalue weighted by Crippen LogP contribution is -2.02. The molecule has 3 nitrogen and oxygen atoms in total. The molecule has 0 spiro atoms. The van der Waals surface area contributed by atoms with Crippen LogP contribution in [0, 0.1) is 6.92 Å². The fourth-order valence-electron chi connectivity index (χ4n) is 2.24. The lowest BCUT2D eigenvalue weighted by molar-refractivity contribution is 0.442. The van der Waals surface area contributed by atoms with Crippen LogP contribution >= 0.6 is 0 Å². The largest absolute Gasteiger partial charge is 0.492 e. The Morgan fingerprint density at radius 2 is 1.83 bits per heavy atom. The zero-order chi connectivity index (χ0) is 13.1. The molecule has 0 saturated heterocycles.